The summed E-state index contributed by atoms with van der Waals surface area (Å²) in [5.74, 6) is 1.78. The Labute approximate surface area is 128 Å². The maximum Gasteiger partial charge on any atom is 0.131 e. The van der Waals surface area contributed by atoms with Crippen LogP contribution in [0.4, 0.5) is 5.82 Å². The van der Waals surface area contributed by atoms with Gasteiger partial charge in [0.15, 0.2) is 0 Å². The van der Waals surface area contributed by atoms with E-state index in [1.54, 1.807) is 0 Å². The van der Waals surface area contributed by atoms with Crippen molar-refractivity contribution in [2.75, 3.05) is 24.6 Å². The lowest BCUT2D eigenvalue weighted by Crippen LogP contribution is -2.48. The first-order valence-corrected chi connectivity index (χ1v) is 8.02. The maximum absolute atomic E-state index is 5.70. The fourth-order valence-corrected chi connectivity index (χ4v) is 2.73. The van der Waals surface area contributed by atoms with Crippen molar-refractivity contribution in [1.82, 2.24) is 10.3 Å². The van der Waals surface area contributed by atoms with E-state index >= 15 is 0 Å². The second-order valence-corrected chi connectivity index (χ2v) is 6.65. The summed E-state index contributed by atoms with van der Waals surface area (Å²) in [4.78, 5) is 7.08. The molecule has 1 aliphatic rings. The van der Waals surface area contributed by atoms with Crippen molar-refractivity contribution in [1.29, 1.82) is 0 Å². The van der Waals surface area contributed by atoms with E-state index in [-0.39, 0.29) is 6.10 Å². The van der Waals surface area contributed by atoms with Crippen LogP contribution in [0.15, 0.2) is 12.3 Å². The van der Waals surface area contributed by atoms with Crippen molar-refractivity contribution in [3.05, 3.63) is 23.4 Å². The lowest BCUT2D eigenvalue weighted by atomic mass is 10.1. The minimum Gasteiger partial charge on any atom is -0.375 e. The number of ether oxygens (including phenoxy) is 1. The van der Waals surface area contributed by atoms with Gasteiger partial charge in [0.2, 0.25) is 0 Å². The zero-order valence-corrected chi connectivity index (χ0v) is 14.0. The lowest BCUT2D eigenvalue weighted by molar-refractivity contribution is 0.0340. The van der Waals surface area contributed by atoms with Crippen molar-refractivity contribution < 1.29 is 4.74 Å². The van der Waals surface area contributed by atoms with Gasteiger partial charge in [-0.1, -0.05) is 13.8 Å². The Balaban J connectivity index is 2.04. The molecule has 2 atom stereocenters. The summed E-state index contributed by atoms with van der Waals surface area (Å²) >= 11 is 0. The van der Waals surface area contributed by atoms with Crippen LogP contribution in [0, 0.1) is 12.8 Å². The van der Waals surface area contributed by atoms with Crippen LogP contribution < -0.4 is 10.2 Å². The van der Waals surface area contributed by atoms with Crippen LogP contribution in [0.5, 0.6) is 0 Å². The Bertz CT molecular complexity index is 461. The standard InChI is InChI=1S/C17H29N3O/c1-12(2)7-18-8-16-6-13(3)17(19-9-16)20-10-15(5)21-11-14(20)4/h6,9,12,14-15,18H,7-8,10-11H2,1-5H3. The lowest BCUT2D eigenvalue weighted by Gasteiger charge is -2.38. The molecular weight excluding hydrogens is 262 g/mol. The van der Waals surface area contributed by atoms with Gasteiger partial charge in [0, 0.05) is 19.3 Å². The summed E-state index contributed by atoms with van der Waals surface area (Å²) in [6.45, 7) is 14.5. The van der Waals surface area contributed by atoms with E-state index < -0.39 is 0 Å². The van der Waals surface area contributed by atoms with Gasteiger partial charge in [-0.15, -0.1) is 0 Å². The maximum atomic E-state index is 5.70. The van der Waals surface area contributed by atoms with E-state index in [1.807, 2.05) is 6.20 Å². The van der Waals surface area contributed by atoms with E-state index in [4.69, 9.17) is 9.72 Å². The molecule has 1 aromatic rings. The van der Waals surface area contributed by atoms with Crippen molar-refractivity contribution >= 4 is 5.82 Å². The first-order valence-electron chi connectivity index (χ1n) is 8.02. The zero-order chi connectivity index (χ0) is 15.4. The minimum atomic E-state index is 0.273. The molecule has 0 aliphatic carbocycles. The Morgan fingerprint density at radius 2 is 2.19 bits per heavy atom. The highest BCUT2D eigenvalue weighted by molar-refractivity contribution is 5.48. The molecule has 2 heterocycles. The molecule has 2 unspecified atom stereocenters. The molecule has 21 heavy (non-hydrogen) atoms. The molecule has 1 aliphatic heterocycles. The summed E-state index contributed by atoms with van der Waals surface area (Å²) in [6.07, 6.45) is 2.28. The van der Waals surface area contributed by atoms with E-state index in [0.717, 1.165) is 32.1 Å². The minimum absolute atomic E-state index is 0.273. The Morgan fingerprint density at radius 3 is 2.86 bits per heavy atom. The van der Waals surface area contributed by atoms with Crippen molar-refractivity contribution in [3.63, 3.8) is 0 Å². The Hall–Kier alpha value is -1.13. The smallest absolute Gasteiger partial charge is 0.131 e. The number of anilines is 1. The highest BCUT2D eigenvalue weighted by Gasteiger charge is 2.25. The molecule has 1 saturated heterocycles. The second-order valence-electron chi connectivity index (χ2n) is 6.65. The summed E-state index contributed by atoms with van der Waals surface area (Å²) in [5.41, 5.74) is 2.51. The van der Waals surface area contributed by atoms with Gasteiger partial charge in [-0.3, -0.25) is 0 Å². The van der Waals surface area contributed by atoms with Crippen LogP contribution in [0.1, 0.15) is 38.8 Å². The molecule has 4 heteroatoms. The normalized spacial score (nSPS) is 22.9. The Kier molecular flexibility index (Phi) is 5.59. The number of hydrogen-bond acceptors (Lipinski definition) is 4. The molecule has 0 saturated carbocycles. The van der Waals surface area contributed by atoms with Crippen molar-refractivity contribution in [2.45, 2.75) is 53.3 Å². The summed E-state index contributed by atoms with van der Waals surface area (Å²) in [7, 11) is 0. The van der Waals surface area contributed by atoms with Crippen LogP contribution in [0.2, 0.25) is 0 Å². The number of aromatic nitrogens is 1. The van der Waals surface area contributed by atoms with E-state index in [2.05, 4.69) is 50.9 Å². The fourth-order valence-electron chi connectivity index (χ4n) is 2.73. The topological polar surface area (TPSA) is 37.4 Å². The van der Waals surface area contributed by atoms with Crippen LogP contribution in [0.3, 0.4) is 0 Å². The van der Waals surface area contributed by atoms with Gasteiger partial charge in [0.1, 0.15) is 5.82 Å². The fraction of sp³-hybridized carbons (Fsp3) is 0.706. The second kappa shape index (κ2) is 7.23. The van der Waals surface area contributed by atoms with Crippen LogP contribution in [0.25, 0.3) is 0 Å². The van der Waals surface area contributed by atoms with Crippen LogP contribution in [-0.2, 0) is 11.3 Å². The van der Waals surface area contributed by atoms with Crippen molar-refractivity contribution in [2.24, 2.45) is 5.92 Å². The molecule has 4 nitrogen and oxygen atoms in total. The zero-order valence-electron chi connectivity index (χ0n) is 14.0. The molecular formula is C17H29N3O. The largest absolute Gasteiger partial charge is 0.375 e. The van der Waals surface area contributed by atoms with Crippen LogP contribution in [-0.4, -0.2) is 36.8 Å². The summed E-state index contributed by atoms with van der Waals surface area (Å²) in [6, 6.07) is 2.64. The SMILES string of the molecule is Cc1cc(CNCC(C)C)cnc1N1CC(C)OCC1C. The van der Waals surface area contributed by atoms with Gasteiger partial charge >= 0.3 is 0 Å². The third-order valence-electron chi connectivity index (χ3n) is 3.87. The molecule has 0 amide bonds. The number of pyridine rings is 1. The van der Waals surface area contributed by atoms with E-state index in [9.17, 15) is 0 Å². The third-order valence-corrected chi connectivity index (χ3v) is 3.87. The van der Waals surface area contributed by atoms with E-state index in [0.29, 0.717) is 12.0 Å². The number of nitrogens with zero attached hydrogens (tertiary/aromatic N) is 2. The average molecular weight is 291 g/mol. The molecule has 1 aromatic heterocycles. The quantitative estimate of drug-likeness (QED) is 0.905. The third kappa shape index (κ3) is 4.42. The van der Waals surface area contributed by atoms with Crippen molar-refractivity contribution in [3.8, 4) is 0 Å². The number of hydrogen-bond donors (Lipinski definition) is 1. The number of rotatable bonds is 5. The average Bonchev–Trinajstić information content (AvgIpc) is 2.42. The monoisotopic (exact) mass is 291 g/mol. The highest BCUT2D eigenvalue weighted by Crippen LogP contribution is 2.23. The number of morpholine rings is 1. The molecule has 0 aromatic carbocycles. The van der Waals surface area contributed by atoms with Gasteiger partial charge in [-0.2, -0.15) is 0 Å². The van der Waals surface area contributed by atoms with Gasteiger partial charge in [-0.05, 0) is 50.4 Å². The Morgan fingerprint density at radius 1 is 1.43 bits per heavy atom. The highest BCUT2D eigenvalue weighted by atomic mass is 16.5. The number of aryl methyl sites for hydroxylation is 1. The molecule has 0 radical (unpaired) electrons. The molecule has 0 bridgehead atoms. The molecule has 2 rings (SSSR count). The molecule has 0 spiro atoms. The number of nitrogens with one attached hydrogen (secondary N) is 1. The summed E-state index contributed by atoms with van der Waals surface area (Å²) in [5, 5.41) is 3.47. The van der Waals surface area contributed by atoms with Gasteiger partial charge in [-0.25, -0.2) is 4.98 Å². The first kappa shape index (κ1) is 16.2. The summed E-state index contributed by atoms with van der Waals surface area (Å²) < 4.78 is 5.70. The van der Waals surface area contributed by atoms with Gasteiger partial charge in [0.25, 0.3) is 0 Å². The van der Waals surface area contributed by atoms with E-state index in [1.165, 1.54) is 11.1 Å². The molecule has 1 N–H and O–H groups in total. The van der Waals surface area contributed by atoms with Crippen LogP contribution >= 0.6 is 0 Å². The molecule has 118 valence electrons. The van der Waals surface area contributed by atoms with Gasteiger partial charge < -0.3 is 15.0 Å². The molecule has 1 fully saturated rings. The van der Waals surface area contributed by atoms with Gasteiger partial charge in [0.05, 0.1) is 18.8 Å². The first-order chi connectivity index (χ1) is 9.97. The predicted molar refractivity (Wildman–Crippen MR) is 87.7 cm³/mol. The predicted octanol–water partition coefficient (Wildman–Crippen LogP) is 2.75.